The fourth-order valence-electron chi connectivity index (χ4n) is 6.35. The molecule has 1 spiro atoms. The van der Waals surface area contributed by atoms with Crippen LogP contribution in [0.25, 0.3) is 0 Å². The number of nitrogens with zero attached hydrogens (tertiary/aromatic N) is 2. The molecule has 2 heterocycles. The van der Waals surface area contributed by atoms with Crippen LogP contribution in [0.3, 0.4) is 0 Å². The molecule has 32 heavy (non-hydrogen) atoms. The molecule has 1 aromatic rings. The van der Waals surface area contributed by atoms with Crippen LogP contribution in [0.15, 0.2) is 12.1 Å². The molecule has 0 radical (unpaired) electrons. The van der Waals surface area contributed by atoms with Gasteiger partial charge in [0.05, 0.1) is 7.11 Å². The third kappa shape index (κ3) is 4.51. The van der Waals surface area contributed by atoms with E-state index in [9.17, 15) is 9.59 Å². The molecule has 1 aliphatic heterocycles. The molecule has 0 atom stereocenters. The number of rotatable bonds is 6. The molecule has 3 aliphatic rings. The summed E-state index contributed by atoms with van der Waals surface area (Å²) < 4.78 is 4.95. The van der Waals surface area contributed by atoms with Gasteiger partial charge in [0.15, 0.2) is 0 Å². The van der Waals surface area contributed by atoms with Gasteiger partial charge in [0.2, 0.25) is 5.91 Å². The number of aryl methyl sites for hydroxylation is 1. The number of methoxy groups -OCH3 is 1. The van der Waals surface area contributed by atoms with E-state index < -0.39 is 0 Å². The highest BCUT2D eigenvalue weighted by atomic mass is 16.5. The zero-order valence-corrected chi connectivity index (χ0v) is 20.2. The van der Waals surface area contributed by atoms with Crippen LogP contribution in [-0.4, -0.2) is 43.1 Å². The predicted octanol–water partition coefficient (Wildman–Crippen LogP) is 4.65. The quantitative estimate of drug-likeness (QED) is 0.651. The number of aromatic nitrogens is 1. The van der Waals surface area contributed by atoms with Crippen molar-refractivity contribution < 1.29 is 14.3 Å². The molecular formula is C26H39N3O3. The van der Waals surface area contributed by atoms with E-state index in [0.29, 0.717) is 23.4 Å². The summed E-state index contributed by atoms with van der Waals surface area (Å²) in [6, 6.07) is 3.97. The van der Waals surface area contributed by atoms with Crippen LogP contribution in [0.4, 0.5) is 5.82 Å². The van der Waals surface area contributed by atoms with Crippen LogP contribution in [0, 0.1) is 23.7 Å². The molecule has 0 bridgehead atoms. The van der Waals surface area contributed by atoms with Crippen LogP contribution in [-0.2, 0) is 9.53 Å². The van der Waals surface area contributed by atoms with Gasteiger partial charge in [0, 0.05) is 35.7 Å². The lowest BCUT2D eigenvalue weighted by atomic mass is 9.67. The van der Waals surface area contributed by atoms with Crippen molar-refractivity contribution >= 4 is 17.7 Å². The van der Waals surface area contributed by atoms with Gasteiger partial charge in [-0.05, 0) is 69.9 Å². The van der Waals surface area contributed by atoms with Crippen molar-refractivity contribution in [3.63, 3.8) is 0 Å². The number of hydrogen-bond acceptors (Lipinski definition) is 5. The number of carbonyl (C=O) groups is 2. The molecule has 3 fully saturated rings. The van der Waals surface area contributed by atoms with E-state index in [1.54, 1.807) is 0 Å². The van der Waals surface area contributed by atoms with Crippen LogP contribution >= 0.6 is 0 Å². The monoisotopic (exact) mass is 441 g/mol. The lowest BCUT2D eigenvalue weighted by Crippen LogP contribution is -2.60. The zero-order chi connectivity index (χ0) is 22.9. The summed E-state index contributed by atoms with van der Waals surface area (Å²) in [6.45, 7) is 8.25. The van der Waals surface area contributed by atoms with Gasteiger partial charge in [-0.1, -0.05) is 26.7 Å². The largest absolute Gasteiger partial charge is 0.465 e. The van der Waals surface area contributed by atoms with E-state index in [2.05, 4.69) is 29.0 Å². The minimum absolute atomic E-state index is 0.127. The number of amides is 1. The molecule has 6 heteroatoms. The van der Waals surface area contributed by atoms with Gasteiger partial charge in [-0.3, -0.25) is 4.79 Å². The Morgan fingerprint density at radius 2 is 1.81 bits per heavy atom. The number of nitrogens with one attached hydrogen (secondary N) is 1. The average Bonchev–Trinajstić information content (AvgIpc) is 3.21. The predicted molar refractivity (Wildman–Crippen MR) is 126 cm³/mol. The molecule has 6 nitrogen and oxygen atoms in total. The van der Waals surface area contributed by atoms with Crippen LogP contribution < -0.4 is 10.2 Å². The minimum atomic E-state index is -0.331. The molecule has 4 rings (SSSR count). The SMILES string of the molecule is COC(=O)c1ccc(C)nc1N1CC2(CCC(NC(=O)C3(CC(C)C)CCCC3)CC2)C1. The lowest BCUT2D eigenvalue weighted by molar-refractivity contribution is -0.133. The number of carbonyl (C=O) groups excluding carboxylic acids is 2. The van der Waals surface area contributed by atoms with Crippen molar-refractivity contribution in [3.05, 3.63) is 23.4 Å². The number of pyridine rings is 1. The number of anilines is 1. The van der Waals surface area contributed by atoms with E-state index in [-0.39, 0.29) is 16.8 Å². The van der Waals surface area contributed by atoms with Gasteiger partial charge >= 0.3 is 5.97 Å². The molecule has 1 saturated heterocycles. The topological polar surface area (TPSA) is 71.5 Å². The Balaban J connectivity index is 1.33. The summed E-state index contributed by atoms with van der Waals surface area (Å²) in [4.78, 5) is 32.3. The molecule has 2 aliphatic carbocycles. The Labute approximate surface area is 192 Å². The highest BCUT2D eigenvalue weighted by Gasteiger charge is 2.48. The number of esters is 1. The smallest absolute Gasteiger partial charge is 0.341 e. The molecule has 0 unspecified atom stereocenters. The van der Waals surface area contributed by atoms with E-state index >= 15 is 0 Å². The van der Waals surface area contributed by atoms with Crippen molar-refractivity contribution in [1.29, 1.82) is 0 Å². The fraction of sp³-hybridized carbons (Fsp3) is 0.731. The molecule has 176 valence electrons. The van der Waals surface area contributed by atoms with E-state index in [4.69, 9.17) is 4.74 Å². The Kier molecular flexibility index (Phi) is 6.51. The first-order valence-electron chi connectivity index (χ1n) is 12.4. The van der Waals surface area contributed by atoms with Crippen molar-refractivity contribution in [3.8, 4) is 0 Å². The maximum absolute atomic E-state index is 13.2. The summed E-state index contributed by atoms with van der Waals surface area (Å²) >= 11 is 0. The van der Waals surface area contributed by atoms with Crippen molar-refractivity contribution in [2.24, 2.45) is 16.7 Å². The molecular weight excluding hydrogens is 402 g/mol. The van der Waals surface area contributed by atoms with Gasteiger partial charge in [-0.25, -0.2) is 9.78 Å². The Morgan fingerprint density at radius 3 is 2.41 bits per heavy atom. The Morgan fingerprint density at radius 1 is 1.16 bits per heavy atom. The van der Waals surface area contributed by atoms with E-state index in [1.165, 1.54) is 20.0 Å². The highest BCUT2D eigenvalue weighted by molar-refractivity contribution is 5.95. The standard InChI is InChI=1S/C26H39N3O3/c1-18(2)15-26(11-5-6-12-26)24(31)28-20-9-13-25(14-10-20)16-29(17-25)22-21(23(30)32-4)8-7-19(3)27-22/h7-8,18,20H,5-6,9-17H2,1-4H3,(H,28,31). The number of hydrogen-bond donors (Lipinski definition) is 1. The van der Waals surface area contributed by atoms with Gasteiger partial charge < -0.3 is 15.0 Å². The van der Waals surface area contributed by atoms with Crippen LogP contribution in [0.1, 0.15) is 87.7 Å². The third-order valence-electron chi connectivity index (χ3n) is 7.99. The maximum Gasteiger partial charge on any atom is 0.341 e. The first-order chi connectivity index (χ1) is 15.3. The summed E-state index contributed by atoms with van der Waals surface area (Å²) in [5.74, 6) is 1.28. The average molecular weight is 442 g/mol. The summed E-state index contributed by atoms with van der Waals surface area (Å²) in [5, 5.41) is 3.45. The Bertz CT molecular complexity index is 844. The van der Waals surface area contributed by atoms with E-state index in [0.717, 1.165) is 69.5 Å². The summed E-state index contributed by atoms with van der Waals surface area (Å²) in [6.07, 6.45) is 9.80. The molecule has 1 N–H and O–H groups in total. The fourth-order valence-corrected chi connectivity index (χ4v) is 6.35. The second-order valence-electron chi connectivity index (χ2n) is 11.0. The van der Waals surface area contributed by atoms with Crippen molar-refractivity contribution in [1.82, 2.24) is 10.3 Å². The second kappa shape index (κ2) is 9.03. The normalized spacial score (nSPS) is 22.1. The lowest BCUT2D eigenvalue weighted by Gasteiger charge is -2.54. The van der Waals surface area contributed by atoms with Gasteiger partial charge in [0.25, 0.3) is 0 Å². The summed E-state index contributed by atoms with van der Waals surface area (Å²) in [5.41, 5.74) is 1.60. The maximum atomic E-state index is 13.2. The summed E-state index contributed by atoms with van der Waals surface area (Å²) in [7, 11) is 1.41. The molecule has 1 aromatic heterocycles. The van der Waals surface area contributed by atoms with Crippen molar-refractivity contribution in [2.75, 3.05) is 25.1 Å². The minimum Gasteiger partial charge on any atom is -0.465 e. The highest BCUT2D eigenvalue weighted by Crippen LogP contribution is 2.47. The third-order valence-corrected chi connectivity index (χ3v) is 7.99. The van der Waals surface area contributed by atoms with Gasteiger partial charge in [0.1, 0.15) is 11.4 Å². The first kappa shape index (κ1) is 23.1. The van der Waals surface area contributed by atoms with Gasteiger partial charge in [-0.15, -0.1) is 0 Å². The van der Waals surface area contributed by atoms with Crippen LogP contribution in [0.2, 0.25) is 0 Å². The second-order valence-corrected chi connectivity index (χ2v) is 11.0. The van der Waals surface area contributed by atoms with Crippen molar-refractivity contribution in [2.45, 2.75) is 84.6 Å². The van der Waals surface area contributed by atoms with Crippen LogP contribution in [0.5, 0.6) is 0 Å². The molecule has 2 saturated carbocycles. The van der Waals surface area contributed by atoms with E-state index in [1.807, 2.05) is 19.1 Å². The number of ether oxygens (including phenoxy) is 1. The molecule has 0 aromatic carbocycles. The molecule has 1 amide bonds. The zero-order valence-electron chi connectivity index (χ0n) is 20.2. The first-order valence-corrected chi connectivity index (χ1v) is 12.4. The Hall–Kier alpha value is -2.11. The van der Waals surface area contributed by atoms with Gasteiger partial charge in [-0.2, -0.15) is 0 Å².